The summed E-state index contributed by atoms with van der Waals surface area (Å²) in [7, 11) is -0.816. The van der Waals surface area contributed by atoms with E-state index in [0.717, 1.165) is 7.11 Å². The highest BCUT2D eigenvalue weighted by atomic mass is 32.2. The van der Waals surface area contributed by atoms with E-state index in [-0.39, 0.29) is 29.0 Å². The highest BCUT2D eigenvalue weighted by Crippen LogP contribution is 2.48. The van der Waals surface area contributed by atoms with Crippen LogP contribution in [0.3, 0.4) is 0 Å². The molecular weight excluding hydrogens is 468 g/mol. The van der Waals surface area contributed by atoms with Crippen LogP contribution < -0.4 is 30.8 Å². The van der Waals surface area contributed by atoms with Gasteiger partial charge in [-0.25, -0.2) is 22.7 Å². The molecule has 2 aromatic rings. The Morgan fingerprint density at radius 2 is 1.65 bits per heavy atom. The number of sulfonamides is 1. The molecule has 1 aromatic carbocycles. The number of rotatable bonds is 7. The highest BCUT2D eigenvalue weighted by Gasteiger charge is 2.29. The molecule has 1 aromatic heterocycles. The van der Waals surface area contributed by atoms with Gasteiger partial charge in [0.25, 0.3) is 10.0 Å². The Kier molecular flexibility index (Phi) is 7.53. The smallest absolute Gasteiger partial charge is 0.339 e. The molecule has 2 amide bonds. The summed E-state index contributed by atoms with van der Waals surface area (Å²) in [6.07, 6.45) is 4.30. The second-order valence-electron chi connectivity index (χ2n) is 7.04. The van der Waals surface area contributed by atoms with Crippen LogP contribution in [0.1, 0.15) is 29.6 Å². The van der Waals surface area contributed by atoms with Crippen LogP contribution in [0.15, 0.2) is 40.3 Å². The van der Waals surface area contributed by atoms with Crippen molar-refractivity contribution in [3.05, 3.63) is 41.0 Å². The monoisotopic (exact) mass is 492 g/mol. The summed E-state index contributed by atoms with van der Waals surface area (Å²) < 4.78 is 41.7. The van der Waals surface area contributed by atoms with Crippen molar-refractivity contribution in [3.63, 3.8) is 0 Å². The number of nitrogens with two attached hydrogens (primary N) is 1. The lowest BCUT2D eigenvalue weighted by atomic mass is 10.1. The number of hydrogen-bond acceptors (Lipinski definition) is 11. The van der Waals surface area contributed by atoms with Gasteiger partial charge in [-0.05, 0) is 31.4 Å². The van der Waals surface area contributed by atoms with Gasteiger partial charge >= 0.3 is 12.0 Å². The molecule has 5 N–H and O–H groups in total. The van der Waals surface area contributed by atoms with Crippen LogP contribution in [0, 0.1) is 0 Å². The number of nitrogens with one attached hydrogen (secondary N) is 3. The van der Waals surface area contributed by atoms with Gasteiger partial charge in [0.05, 0.1) is 38.6 Å². The molecule has 182 valence electrons. The first-order valence-corrected chi connectivity index (χ1v) is 11.4. The van der Waals surface area contributed by atoms with Crippen molar-refractivity contribution < 1.29 is 32.2 Å². The Hall–Kier alpha value is -3.91. The lowest BCUT2D eigenvalue weighted by Crippen LogP contribution is -2.36. The van der Waals surface area contributed by atoms with Gasteiger partial charge in [-0.15, -0.1) is 0 Å². The number of nitrogens with zero attached hydrogens (tertiary/aromatic N) is 2. The number of hydrazine groups is 1. The van der Waals surface area contributed by atoms with E-state index in [2.05, 4.69) is 25.4 Å². The third kappa shape index (κ3) is 5.71. The molecule has 2 aliphatic rings. The second kappa shape index (κ2) is 10.4. The Morgan fingerprint density at radius 3 is 2.09 bits per heavy atom. The average molecular weight is 493 g/mol. The second-order valence-corrected chi connectivity index (χ2v) is 8.66. The predicted octanol–water partition coefficient (Wildman–Crippen LogP) is 1.56. The van der Waals surface area contributed by atoms with Crippen LogP contribution in [0.4, 0.5) is 16.4 Å². The van der Waals surface area contributed by atoms with E-state index in [4.69, 9.17) is 15.3 Å². The van der Waals surface area contributed by atoms with Gasteiger partial charge in [0, 0.05) is 0 Å². The van der Waals surface area contributed by atoms with Crippen molar-refractivity contribution in [2.45, 2.75) is 24.2 Å². The maximum Gasteiger partial charge on any atom is 0.339 e. The van der Waals surface area contributed by atoms with E-state index in [1.54, 1.807) is 15.9 Å². The van der Waals surface area contributed by atoms with Crippen molar-refractivity contribution in [2.75, 3.05) is 32.1 Å². The SMILES string of the molecule is C1CC2=C1C2.COC(=O)c1cccc(NN)c1S(=O)(=O)NC(=O)Nc1nc(OC)cc(OC)n1. The van der Waals surface area contributed by atoms with E-state index in [0.29, 0.717) is 0 Å². The third-order valence-electron chi connectivity index (χ3n) is 4.92. The number of aromatic nitrogens is 2. The zero-order valence-corrected chi connectivity index (χ0v) is 19.5. The van der Waals surface area contributed by atoms with E-state index in [1.165, 1.54) is 57.7 Å². The Balaban J connectivity index is 0.000000559. The zero-order chi connectivity index (χ0) is 24.9. The summed E-state index contributed by atoms with van der Waals surface area (Å²) in [4.78, 5) is 31.3. The summed E-state index contributed by atoms with van der Waals surface area (Å²) in [6, 6.07) is 4.04. The number of nitrogen functional groups attached to an aromatic ring is 1. The van der Waals surface area contributed by atoms with Crippen molar-refractivity contribution in [1.82, 2.24) is 14.7 Å². The van der Waals surface area contributed by atoms with E-state index in [1.807, 2.05) is 0 Å². The molecule has 4 rings (SSSR count). The van der Waals surface area contributed by atoms with Crippen molar-refractivity contribution >= 4 is 33.7 Å². The minimum atomic E-state index is -4.56. The topological polar surface area (TPSA) is 184 Å². The molecule has 0 radical (unpaired) electrons. The molecular formula is C20H24N6O7S. The number of benzene rings is 1. The van der Waals surface area contributed by atoms with Gasteiger partial charge in [-0.1, -0.05) is 17.2 Å². The number of amides is 2. The Morgan fingerprint density at radius 1 is 1.03 bits per heavy atom. The Bertz CT molecular complexity index is 1210. The van der Waals surface area contributed by atoms with Gasteiger partial charge in [0.15, 0.2) is 0 Å². The summed E-state index contributed by atoms with van der Waals surface area (Å²) in [5.41, 5.74) is 5.23. The van der Waals surface area contributed by atoms with E-state index in [9.17, 15) is 18.0 Å². The maximum absolute atomic E-state index is 12.7. The van der Waals surface area contributed by atoms with Crippen molar-refractivity contribution in [1.29, 1.82) is 0 Å². The molecule has 0 bridgehead atoms. The lowest BCUT2D eigenvalue weighted by Gasteiger charge is -2.14. The quantitative estimate of drug-likeness (QED) is 0.190. The highest BCUT2D eigenvalue weighted by molar-refractivity contribution is 7.90. The molecule has 0 unspecified atom stereocenters. The number of esters is 1. The first-order valence-electron chi connectivity index (χ1n) is 9.91. The minimum Gasteiger partial charge on any atom is -0.481 e. The van der Waals surface area contributed by atoms with Gasteiger partial charge in [-0.2, -0.15) is 9.97 Å². The number of carbonyl (C=O) groups excluding carboxylic acids is 2. The molecule has 1 heterocycles. The first-order chi connectivity index (χ1) is 16.2. The molecule has 0 saturated heterocycles. The zero-order valence-electron chi connectivity index (χ0n) is 18.7. The van der Waals surface area contributed by atoms with Crippen LogP contribution in [-0.2, 0) is 14.8 Å². The number of anilines is 2. The van der Waals surface area contributed by atoms with Gasteiger partial charge in [-0.3, -0.25) is 11.2 Å². The molecule has 2 aliphatic carbocycles. The lowest BCUT2D eigenvalue weighted by molar-refractivity contribution is 0.0596. The number of ether oxygens (including phenoxy) is 3. The van der Waals surface area contributed by atoms with Gasteiger partial charge in [0.1, 0.15) is 4.90 Å². The van der Waals surface area contributed by atoms with E-state index >= 15 is 0 Å². The molecule has 0 spiro atoms. The maximum atomic E-state index is 12.7. The summed E-state index contributed by atoms with van der Waals surface area (Å²) in [5, 5.41) is 2.14. The number of urea groups is 1. The predicted molar refractivity (Wildman–Crippen MR) is 121 cm³/mol. The van der Waals surface area contributed by atoms with Gasteiger partial charge in [0.2, 0.25) is 17.7 Å². The fraction of sp³-hybridized carbons (Fsp3) is 0.300. The fourth-order valence-electron chi connectivity index (χ4n) is 3.05. The molecule has 34 heavy (non-hydrogen) atoms. The fourth-order valence-corrected chi connectivity index (χ4v) is 4.30. The molecule has 0 fully saturated rings. The van der Waals surface area contributed by atoms with Gasteiger partial charge < -0.3 is 19.6 Å². The molecule has 0 aliphatic heterocycles. The number of hydrogen-bond donors (Lipinski definition) is 4. The third-order valence-corrected chi connectivity index (χ3v) is 6.36. The largest absolute Gasteiger partial charge is 0.481 e. The van der Waals surface area contributed by atoms with Crippen LogP contribution >= 0.6 is 0 Å². The number of carbonyl (C=O) groups is 2. The van der Waals surface area contributed by atoms with E-state index < -0.39 is 26.9 Å². The van der Waals surface area contributed by atoms with Crippen molar-refractivity contribution in [3.8, 4) is 11.8 Å². The van der Waals surface area contributed by atoms with Crippen LogP contribution in [-0.4, -0.2) is 51.7 Å². The minimum absolute atomic E-state index is 0.0701. The number of allylic oxidation sites excluding steroid dienone is 2. The standard InChI is InChI=1S/C15H18N6O7S.C5H6/c1-26-10-7-11(27-2)18-14(17-10)19-15(23)21-29(24,25)12-8(13(22)28-3)5-4-6-9(12)20-16;1-2-5-3-4(1)5/h4-7,20H,16H2,1-3H3,(H2,17,18,19,21,23);1-3H2. The first kappa shape index (κ1) is 24.7. The van der Waals surface area contributed by atoms with Crippen LogP contribution in [0.25, 0.3) is 0 Å². The summed E-state index contributed by atoms with van der Waals surface area (Å²) in [6.45, 7) is 0. The normalized spacial score (nSPS) is 13.3. The average Bonchev–Trinajstić information content (AvgIpc) is 3.41. The van der Waals surface area contributed by atoms with Crippen LogP contribution in [0.5, 0.6) is 11.8 Å². The van der Waals surface area contributed by atoms with Crippen molar-refractivity contribution in [2.24, 2.45) is 5.84 Å². The van der Waals surface area contributed by atoms with Crippen LogP contribution in [0.2, 0.25) is 0 Å². The summed E-state index contributed by atoms with van der Waals surface area (Å²) in [5.74, 6) is 4.25. The molecule has 14 heteroatoms. The molecule has 0 atom stereocenters. The Labute approximate surface area is 195 Å². The molecule has 0 saturated carbocycles. The number of methoxy groups -OCH3 is 3. The molecule has 13 nitrogen and oxygen atoms in total. The summed E-state index contributed by atoms with van der Waals surface area (Å²) >= 11 is 0.